The second kappa shape index (κ2) is 4.52. The van der Waals surface area contributed by atoms with Crippen molar-refractivity contribution in [2.24, 2.45) is 4.99 Å². The molecule has 1 aromatic rings. The fourth-order valence-corrected chi connectivity index (χ4v) is 3.18. The predicted octanol–water partition coefficient (Wildman–Crippen LogP) is 2.24. The van der Waals surface area contributed by atoms with Crippen molar-refractivity contribution in [1.29, 1.82) is 0 Å². The van der Waals surface area contributed by atoms with Crippen molar-refractivity contribution in [3.63, 3.8) is 0 Å². The van der Waals surface area contributed by atoms with Crippen molar-refractivity contribution in [1.82, 2.24) is 0 Å². The van der Waals surface area contributed by atoms with Crippen molar-refractivity contribution in [3.05, 3.63) is 33.4 Å². The molecule has 1 aliphatic rings. The summed E-state index contributed by atoms with van der Waals surface area (Å²) in [5.74, 6) is -0.307. The molecule has 1 aliphatic heterocycles. The summed E-state index contributed by atoms with van der Waals surface area (Å²) in [5.41, 5.74) is 1.03. The summed E-state index contributed by atoms with van der Waals surface area (Å²) in [5, 5.41) is 9.67. The molecule has 2 rings (SSSR count). The molecule has 1 N–H and O–H groups in total. The van der Waals surface area contributed by atoms with Crippen LogP contribution in [0.5, 0.6) is 0 Å². The summed E-state index contributed by atoms with van der Waals surface area (Å²) < 4.78 is 1.10. The van der Waals surface area contributed by atoms with Crippen LogP contribution in [-0.4, -0.2) is 27.9 Å². The summed E-state index contributed by atoms with van der Waals surface area (Å²) in [6.07, 6.45) is 0. The Balaban J connectivity index is 2.30. The van der Waals surface area contributed by atoms with Crippen LogP contribution in [0.1, 0.15) is 5.56 Å². The first-order chi connectivity index (χ1) is 7.18. The number of benzene rings is 1. The second-order valence-electron chi connectivity index (χ2n) is 3.08. The molecule has 3 nitrogen and oxygen atoms in total. The van der Waals surface area contributed by atoms with Gasteiger partial charge in [-0.05, 0) is 28.7 Å². The third kappa shape index (κ3) is 2.34. The van der Waals surface area contributed by atoms with E-state index >= 15 is 0 Å². The maximum atomic E-state index is 10.7. The van der Waals surface area contributed by atoms with Crippen molar-refractivity contribution in [3.8, 4) is 0 Å². The van der Waals surface area contributed by atoms with Gasteiger partial charge >= 0.3 is 5.97 Å². The van der Waals surface area contributed by atoms with Crippen LogP contribution in [0, 0.1) is 3.57 Å². The van der Waals surface area contributed by atoms with Gasteiger partial charge in [-0.25, -0.2) is 4.79 Å². The average Bonchev–Trinajstić information content (AvgIpc) is 2.67. The molecule has 1 unspecified atom stereocenters. The number of hydrogen-bond donors (Lipinski definition) is 1. The first kappa shape index (κ1) is 10.9. The zero-order valence-electron chi connectivity index (χ0n) is 7.68. The van der Waals surface area contributed by atoms with E-state index in [2.05, 4.69) is 27.6 Å². The van der Waals surface area contributed by atoms with Crippen molar-refractivity contribution < 1.29 is 9.90 Å². The highest BCUT2D eigenvalue weighted by atomic mass is 127. The van der Waals surface area contributed by atoms with Crippen LogP contribution in [0.3, 0.4) is 0 Å². The number of aliphatic imine (C=N–C) groups is 1. The zero-order valence-corrected chi connectivity index (χ0v) is 10.7. The van der Waals surface area contributed by atoms with E-state index in [0.29, 0.717) is 5.75 Å². The number of carboxylic acid groups (broad SMARTS) is 1. The molecule has 5 heteroatoms. The largest absolute Gasteiger partial charge is 0.480 e. The molecule has 78 valence electrons. The molecule has 0 aliphatic carbocycles. The maximum absolute atomic E-state index is 10.7. The minimum absolute atomic E-state index is 0.537. The third-order valence-corrected chi connectivity index (χ3v) is 4.06. The van der Waals surface area contributed by atoms with Gasteiger partial charge in [-0.1, -0.05) is 18.2 Å². The lowest BCUT2D eigenvalue weighted by atomic mass is 10.2. The van der Waals surface area contributed by atoms with Crippen molar-refractivity contribution in [2.75, 3.05) is 5.75 Å². The van der Waals surface area contributed by atoms with E-state index < -0.39 is 12.0 Å². The van der Waals surface area contributed by atoms with Crippen LogP contribution >= 0.6 is 34.4 Å². The first-order valence-corrected chi connectivity index (χ1v) is 6.43. The van der Waals surface area contributed by atoms with Gasteiger partial charge in [0.25, 0.3) is 0 Å². The summed E-state index contributed by atoms with van der Waals surface area (Å²) >= 11 is 3.74. The van der Waals surface area contributed by atoms with E-state index in [1.807, 2.05) is 24.3 Å². The van der Waals surface area contributed by atoms with E-state index in [0.717, 1.165) is 14.2 Å². The average molecular weight is 333 g/mol. The Hall–Kier alpha value is -0.560. The Morgan fingerprint density at radius 1 is 1.53 bits per heavy atom. The van der Waals surface area contributed by atoms with Crippen LogP contribution in [0.25, 0.3) is 0 Å². The number of thioether (sulfide) groups is 1. The van der Waals surface area contributed by atoms with Crippen LogP contribution in [0.2, 0.25) is 0 Å². The molecule has 15 heavy (non-hydrogen) atoms. The molecule has 0 fully saturated rings. The molecule has 1 heterocycles. The molecule has 0 spiro atoms. The van der Waals surface area contributed by atoms with E-state index in [4.69, 9.17) is 5.11 Å². The molecule has 0 aromatic heterocycles. The summed E-state index contributed by atoms with van der Waals surface area (Å²) in [6.45, 7) is 0. The van der Waals surface area contributed by atoms with E-state index in [-0.39, 0.29) is 0 Å². The topological polar surface area (TPSA) is 49.7 Å². The quantitative estimate of drug-likeness (QED) is 0.845. The Bertz CT molecular complexity index is 433. The van der Waals surface area contributed by atoms with E-state index in [1.54, 1.807) is 0 Å². The summed E-state index contributed by atoms with van der Waals surface area (Å²) in [4.78, 5) is 14.9. The van der Waals surface area contributed by atoms with E-state index in [9.17, 15) is 4.79 Å². The van der Waals surface area contributed by atoms with Gasteiger partial charge in [0.15, 0.2) is 6.04 Å². The number of hydrogen-bond acceptors (Lipinski definition) is 3. The fraction of sp³-hybridized carbons (Fsp3) is 0.200. The third-order valence-electron chi connectivity index (χ3n) is 2.04. The molecule has 0 radical (unpaired) electrons. The number of carboxylic acids is 1. The molecule has 1 atom stereocenters. The number of rotatable bonds is 2. The van der Waals surface area contributed by atoms with Crippen LogP contribution in [0.15, 0.2) is 29.3 Å². The molecule has 1 aromatic carbocycles. The molecule has 0 bridgehead atoms. The minimum Gasteiger partial charge on any atom is -0.480 e. The molecular formula is C10H8INO2S. The van der Waals surface area contributed by atoms with Gasteiger partial charge in [0.1, 0.15) is 0 Å². The highest BCUT2D eigenvalue weighted by molar-refractivity contribution is 14.1. The lowest BCUT2D eigenvalue weighted by Gasteiger charge is -2.01. The van der Waals surface area contributed by atoms with Gasteiger partial charge in [-0.15, -0.1) is 11.8 Å². The van der Waals surface area contributed by atoms with Crippen LogP contribution in [-0.2, 0) is 4.79 Å². The Morgan fingerprint density at radius 2 is 2.27 bits per heavy atom. The van der Waals surface area contributed by atoms with Gasteiger partial charge in [0.05, 0.1) is 5.04 Å². The Labute approximate surface area is 105 Å². The lowest BCUT2D eigenvalue weighted by Crippen LogP contribution is -2.17. The summed E-state index contributed by atoms with van der Waals surface area (Å²) in [7, 11) is 0. The summed E-state index contributed by atoms with van der Waals surface area (Å²) in [6, 6.07) is 7.28. The van der Waals surface area contributed by atoms with Crippen molar-refractivity contribution in [2.45, 2.75) is 6.04 Å². The lowest BCUT2D eigenvalue weighted by molar-refractivity contribution is -0.137. The normalized spacial score (nSPS) is 20.1. The monoisotopic (exact) mass is 333 g/mol. The molecule has 0 saturated heterocycles. The number of nitrogens with zero attached hydrogens (tertiary/aromatic N) is 1. The van der Waals surface area contributed by atoms with Crippen LogP contribution < -0.4 is 0 Å². The molecule has 0 amide bonds. The fourth-order valence-electron chi connectivity index (χ4n) is 1.28. The number of carbonyl (C=O) groups is 1. The van der Waals surface area contributed by atoms with Gasteiger partial charge in [-0.3, -0.25) is 4.99 Å². The second-order valence-corrected chi connectivity index (χ2v) is 5.25. The molecule has 0 saturated carbocycles. The van der Waals surface area contributed by atoms with Crippen LogP contribution in [0.4, 0.5) is 0 Å². The van der Waals surface area contributed by atoms with Gasteiger partial charge < -0.3 is 5.11 Å². The minimum atomic E-state index is -0.844. The molecular weight excluding hydrogens is 325 g/mol. The predicted molar refractivity (Wildman–Crippen MR) is 69.6 cm³/mol. The highest BCUT2D eigenvalue weighted by Gasteiger charge is 2.25. The van der Waals surface area contributed by atoms with E-state index in [1.165, 1.54) is 11.8 Å². The van der Waals surface area contributed by atoms with Gasteiger partial charge in [-0.2, -0.15) is 0 Å². The first-order valence-electron chi connectivity index (χ1n) is 4.37. The number of aliphatic carboxylic acids is 1. The zero-order chi connectivity index (χ0) is 10.8. The van der Waals surface area contributed by atoms with Gasteiger partial charge in [0, 0.05) is 14.9 Å². The smallest absolute Gasteiger partial charge is 0.329 e. The Morgan fingerprint density at radius 3 is 2.87 bits per heavy atom. The Kier molecular flexibility index (Phi) is 3.30. The number of halogens is 1. The SMILES string of the molecule is O=C(O)C1CSC(c2ccccc2I)=N1. The maximum Gasteiger partial charge on any atom is 0.329 e. The van der Waals surface area contributed by atoms with Gasteiger partial charge in [0.2, 0.25) is 0 Å². The van der Waals surface area contributed by atoms with Crippen molar-refractivity contribution >= 4 is 45.4 Å². The standard InChI is InChI=1S/C10H8INO2S/c11-7-4-2-1-3-6(7)9-12-8(5-15-9)10(13)14/h1-4,8H,5H2,(H,13,14). The highest BCUT2D eigenvalue weighted by Crippen LogP contribution is 2.26.